The molecule has 4 fully saturated rings. The quantitative estimate of drug-likeness (QED) is 0.460. The minimum atomic E-state index is -1.85. The van der Waals surface area contributed by atoms with Crippen molar-refractivity contribution in [2.75, 3.05) is 46.1 Å². The van der Waals surface area contributed by atoms with E-state index < -0.39 is 23.2 Å². The van der Waals surface area contributed by atoms with Crippen LogP contribution in [-0.2, 0) is 19.1 Å². The molecule has 3 saturated heterocycles. The van der Waals surface area contributed by atoms with Crippen molar-refractivity contribution in [1.29, 1.82) is 0 Å². The molecule has 1 saturated carbocycles. The van der Waals surface area contributed by atoms with Crippen LogP contribution in [0.2, 0.25) is 0 Å². The third kappa shape index (κ3) is 8.54. The van der Waals surface area contributed by atoms with Crippen molar-refractivity contribution in [1.82, 2.24) is 10.2 Å². The number of ketones is 1. The van der Waals surface area contributed by atoms with Crippen molar-refractivity contribution in [3.05, 3.63) is 35.6 Å². The van der Waals surface area contributed by atoms with Gasteiger partial charge in [-0.1, -0.05) is 0 Å². The Labute approximate surface area is 234 Å². The van der Waals surface area contributed by atoms with E-state index in [1.165, 1.54) is 24.3 Å². The van der Waals surface area contributed by atoms with Crippen LogP contribution in [0.5, 0.6) is 0 Å². The van der Waals surface area contributed by atoms with E-state index in [0.717, 1.165) is 45.1 Å². The van der Waals surface area contributed by atoms with E-state index in [1.807, 2.05) is 0 Å². The second-order valence-electron chi connectivity index (χ2n) is 11.6. The molecule has 4 aliphatic rings. The molecule has 2 N–H and O–H groups in total. The summed E-state index contributed by atoms with van der Waals surface area (Å²) in [6.45, 7) is 4.29. The molecule has 0 bridgehead atoms. The number of benzene rings is 1. The first-order chi connectivity index (χ1) is 19.2. The van der Waals surface area contributed by atoms with Gasteiger partial charge < -0.3 is 24.8 Å². The lowest BCUT2D eigenvalue weighted by molar-refractivity contribution is -0.141. The Hall–Kier alpha value is -2.43. The van der Waals surface area contributed by atoms with E-state index in [-0.39, 0.29) is 42.2 Å². The van der Waals surface area contributed by atoms with Crippen molar-refractivity contribution in [3.63, 3.8) is 0 Å². The minimum absolute atomic E-state index is 0.0180. The molecule has 10 heteroatoms. The standard InChI is InChI=1S/C25H34F2N2O3.C5H8O3/c26-21-5-3-19(4-6-21)23(30)25(27)11-14-29(15-12-25)13-9-18-1-7-22(8-2-18)28-24(31)20-10-16-32-17-20;6-5(7)4-1-2-8-3-4/h3-6,18,20,22H,1-2,7-17H2,(H,28,31);4H,1-3H2,(H,6,7). The molecular weight excluding hydrogens is 522 g/mol. The van der Waals surface area contributed by atoms with Gasteiger partial charge in [0, 0.05) is 50.8 Å². The summed E-state index contributed by atoms with van der Waals surface area (Å²) in [7, 11) is 0. The lowest BCUT2D eigenvalue weighted by atomic mass is 9.83. The van der Waals surface area contributed by atoms with Gasteiger partial charge in [0.25, 0.3) is 0 Å². The number of ether oxygens (including phenoxy) is 2. The molecular formula is C30H42F2N2O6. The number of halogens is 2. The average Bonchev–Trinajstić information content (AvgIpc) is 3.70. The zero-order valence-electron chi connectivity index (χ0n) is 23.1. The number of carbonyl (C=O) groups is 3. The molecule has 0 aromatic heterocycles. The maximum Gasteiger partial charge on any atom is 0.308 e. The molecule has 40 heavy (non-hydrogen) atoms. The topological polar surface area (TPSA) is 105 Å². The summed E-state index contributed by atoms with van der Waals surface area (Å²) in [5, 5.41) is 11.5. The van der Waals surface area contributed by atoms with E-state index in [0.29, 0.717) is 51.9 Å². The number of Topliss-reactive ketones (excluding diaryl/α,β-unsaturated/α-hetero) is 1. The molecule has 1 aromatic carbocycles. The van der Waals surface area contributed by atoms with Crippen LogP contribution in [-0.4, -0.2) is 85.4 Å². The Morgan fingerprint density at radius 1 is 0.925 bits per heavy atom. The molecule has 3 aliphatic heterocycles. The van der Waals surface area contributed by atoms with Gasteiger partial charge in [0.2, 0.25) is 5.91 Å². The third-order valence-electron chi connectivity index (χ3n) is 8.79. The van der Waals surface area contributed by atoms with Gasteiger partial charge in [-0.3, -0.25) is 14.4 Å². The van der Waals surface area contributed by atoms with Gasteiger partial charge in [0.1, 0.15) is 5.82 Å². The summed E-state index contributed by atoms with van der Waals surface area (Å²) in [5.74, 6) is -1.13. The molecule has 3 heterocycles. The number of nitrogens with zero attached hydrogens (tertiary/aromatic N) is 1. The molecule has 8 nitrogen and oxygen atoms in total. The highest BCUT2D eigenvalue weighted by atomic mass is 19.1. The molecule has 1 aromatic rings. The summed E-state index contributed by atoms with van der Waals surface area (Å²) in [4.78, 5) is 37.2. The van der Waals surface area contributed by atoms with Crippen LogP contribution in [0.25, 0.3) is 0 Å². The second kappa shape index (κ2) is 14.5. The Morgan fingerprint density at radius 3 is 2.05 bits per heavy atom. The monoisotopic (exact) mass is 564 g/mol. The first kappa shape index (κ1) is 30.5. The van der Waals surface area contributed by atoms with Gasteiger partial charge in [0.05, 0.1) is 25.0 Å². The molecule has 5 rings (SSSR count). The first-order valence-electron chi connectivity index (χ1n) is 14.6. The van der Waals surface area contributed by atoms with Crippen molar-refractivity contribution in [2.24, 2.45) is 17.8 Å². The Bertz CT molecular complexity index is 978. The number of amides is 1. The van der Waals surface area contributed by atoms with E-state index in [1.54, 1.807) is 0 Å². The van der Waals surface area contributed by atoms with Crippen LogP contribution < -0.4 is 5.32 Å². The van der Waals surface area contributed by atoms with E-state index in [4.69, 9.17) is 14.6 Å². The zero-order valence-corrected chi connectivity index (χ0v) is 23.1. The highest BCUT2D eigenvalue weighted by Crippen LogP contribution is 2.32. The van der Waals surface area contributed by atoms with Gasteiger partial charge in [-0.2, -0.15) is 0 Å². The predicted molar refractivity (Wildman–Crippen MR) is 144 cm³/mol. The molecule has 0 radical (unpaired) electrons. The lowest BCUT2D eigenvalue weighted by Crippen LogP contribution is -2.47. The van der Waals surface area contributed by atoms with Gasteiger partial charge in [-0.15, -0.1) is 0 Å². The SMILES string of the molecule is O=C(NC1CCC(CCN2CCC(F)(C(=O)c3ccc(F)cc3)CC2)CC1)C1CCOC1.O=C(O)C1CCOC1. The number of rotatable bonds is 8. The minimum Gasteiger partial charge on any atom is -0.481 e. The number of alkyl halides is 1. The average molecular weight is 565 g/mol. The van der Waals surface area contributed by atoms with Gasteiger partial charge >= 0.3 is 5.97 Å². The number of hydrogen-bond donors (Lipinski definition) is 2. The molecule has 2 unspecified atom stereocenters. The van der Waals surface area contributed by atoms with Crippen molar-refractivity contribution >= 4 is 17.7 Å². The van der Waals surface area contributed by atoms with Crippen molar-refractivity contribution in [3.8, 4) is 0 Å². The molecule has 2 atom stereocenters. The number of aliphatic carboxylic acids is 1. The van der Waals surface area contributed by atoms with Gasteiger partial charge in [0.15, 0.2) is 11.5 Å². The normalized spacial score (nSPS) is 28.4. The predicted octanol–water partition coefficient (Wildman–Crippen LogP) is 4.02. The number of nitrogens with one attached hydrogen (secondary N) is 1. The molecule has 222 valence electrons. The maximum absolute atomic E-state index is 15.3. The number of carboxylic acids is 1. The maximum atomic E-state index is 15.3. The van der Waals surface area contributed by atoms with Gasteiger partial charge in [-0.25, -0.2) is 8.78 Å². The first-order valence-corrected chi connectivity index (χ1v) is 14.6. The fourth-order valence-electron chi connectivity index (χ4n) is 5.97. The highest BCUT2D eigenvalue weighted by molar-refractivity contribution is 6.02. The second-order valence-corrected chi connectivity index (χ2v) is 11.6. The number of piperidine rings is 1. The van der Waals surface area contributed by atoms with E-state index in [2.05, 4.69) is 10.2 Å². The van der Waals surface area contributed by atoms with Crippen LogP contribution in [0.4, 0.5) is 8.78 Å². The molecule has 0 spiro atoms. The largest absolute Gasteiger partial charge is 0.481 e. The number of carboxylic acid groups (broad SMARTS) is 1. The molecule has 1 amide bonds. The van der Waals surface area contributed by atoms with Crippen LogP contribution >= 0.6 is 0 Å². The van der Waals surface area contributed by atoms with Crippen LogP contribution in [0.3, 0.4) is 0 Å². The number of carbonyl (C=O) groups excluding carboxylic acids is 2. The summed E-state index contributed by atoms with van der Waals surface area (Å²) in [5.41, 5.74) is -1.61. The van der Waals surface area contributed by atoms with Crippen LogP contribution in [0.1, 0.15) is 68.1 Å². The lowest BCUT2D eigenvalue weighted by Gasteiger charge is -2.37. The van der Waals surface area contributed by atoms with Gasteiger partial charge in [-0.05, 0) is 81.7 Å². The van der Waals surface area contributed by atoms with Crippen molar-refractivity contribution in [2.45, 2.75) is 69.5 Å². The van der Waals surface area contributed by atoms with Crippen LogP contribution in [0.15, 0.2) is 24.3 Å². The van der Waals surface area contributed by atoms with E-state index in [9.17, 15) is 18.8 Å². The fourth-order valence-corrected chi connectivity index (χ4v) is 5.97. The van der Waals surface area contributed by atoms with Crippen LogP contribution in [0, 0.1) is 23.6 Å². The molecule has 1 aliphatic carbocycles. The summed E-state index contributed by atoms with van der Waals surface area (Å²) < 4.78 is 38.5. The third-order valence-corrected chi connectivity index (χ3v) is 8.79. The number of likely N-dealkylation sites (tertiary alicyclic amines) is 1. The Balaban J connectivity index is 0.000000398. The smallest absolute Gasteiger partial charge is 0.308 e. The van der Waals surface area contributed by atoms with E-state index >= 15 is 4.39 Å². The zero-order chi connectivity index (χ0) is 28.5. The fraction of sp³-hybridized carbons (Fsp3) is 0.700. The summed E-state index contributed by atoms with van der Waals surface area (Å²) in [6, 6.07) is 5.42. The number of hydrogen-bond acceptors (Lipinski definition) is 6. The van der Waals surface area contributed by atoms with Crippen molar-refractivity contribution < 1.29 is 37.7 Å². The summed E-state index contributed by atoms with van der Waals surface area (Å²) in [6.07, 6.45) is 7.20. The summed E-state index contributed by atoms with van der Waals surface area (Å²) >= 11 is 0. The highest BCUT2D eigenvalue weighted by Gasteiger charge is 2.42. The Morgan fingerprint density at radius 2 is 1.52 bits per heavy atom. The Kier molecular flexibility index (Phi) is 11.0.